The van der Waals surface area contributed by atoms with Crippen LogP contribution in [0.2, 0.25) is 0 Å². The van der Waals surface area contributed by atoms with Gasteiger partial charge in [-0.25, -0.2) is 9.82 Å². The fraction of sp³-hybridized carbons (Fsp3) is 0.273. The van der Waals surface area contributed by atoms with Crippen LogP contribution in [0.1, 0.15) is 22.9 Å². The predicted octanol–water partition coefficient (Wildman–Crippen LogP) is 0.815. The van der Waals surface area contributed by atoms with Gasteiger partial charge in [0.2, 0.25) is 0 Å². The second-order valence-electron chi connectivity index (χ2n) is 3.88. The van der Waals surface area contributed by atoms with Gasteiger partial charge in [-0.15, -0.1) is 5.10 Å². The van der Waals surface area contributed by atoms with Crippen LogP contribution in [0.15, 0.2) is 24.4 Å². The zero-order valence-corrected chi connectivity index (χ0v) is 9.68. The molecule has 1 heterocycles. The average molecular weight is 235 g/mol. The van der Waals surface area contributed by atoms with Gasteiger partial charge in [0.1, 0.15) is 5.82 Å². The number of nitrogens with one attached hydrogen (secondary N) is 1. The molecule has 17 heavy (non-hydrogen) atoms. The van der Waals surface area contributed by atoms with Crippen molar-refractivity contribution >= 4 is 0 Å². The molecule has 0 radical (unpaired) electrons. The Labute approximate surface area is 98.4 Å². The van der Waals surface area contributed by atoms with Crippen LogP contribution in [0.25, 0.3) is 0 Å². The molecule has 0 amide bonds. The highest BCUT2D eigenvalue weighted by Crippen LogP contribution is 2.23. The highest BCUT2D eigenvalue weighted by molar-refractivity contribution is 5.34. The molecule has 2 rings (SSSR count). The predicted molar refractivity (Wildman–Crippen MR) is 61.3 cm³/mol. The summed E-state index contributed by atoms with van der Waals surface area (Å²) in [5.41, 5.74) is 5.25. The molecule has 0 aliphatic heterocycles. The van der Waals surface area contributed by atoms with E-state index in [1.807, 2.05) is 6.92 Å². The number of hydrazine groups is 1. The summed E-state index contributed by atoms with van der Waals surface area (Å²) in [7, 11) is 1.78. The minimum atomic E-state index is -0.259. The maximum atomic E-state index is 13.1. The fourth-order valence-corrected chi connectivity index (χ4v) is 1.86. The van der Waals surface area contributed by atoms with Gasteiger partial charge in [0.05, 0.1) is 17.9 Å². The Morgan fingerprint density at radius 3 is 2.76 bits per heavy atom. The van der Waals surface area contributed by atoms with Crippen molar-refractivity contribution in [3.05, 3.63) is 47.0 Å². The number of nitrogens with zero attached hydrogens (tertiary/aromatic N) is 3. The third kappa shape index (κ3) is 2.17. The zero-order chi connectivity index (χ0) is 12.4. The first-order valence-corrected chi connectivity index (χ1v) is 5.20. The molecule has 2 aromatic rings. The van der Waals surface area contributed by atoms with E-state index in [9.17, 15) is 4.39 Å². The second-order valence-corrected chi connectivity index (χ2v) is 3.88. The molecule has 0 aliphatic carbocycles. The Morgan fingerprint density at radius 1 is 1.47 bits per heavy atom. The Bertz CT molecular complexity index is 522. The molecule has 0 saturated heterocycles. The number of hydrogen-bond acceptors (Lipinski definition) is 4. The Morgan fingerprint density at radius 2 is 2.24 bits per heavy atom. The van der Waals surface area contributed by atoms with E-state index in [1.54, 1.807) is 24.0 Å². The molecule has 1 unspecified atom stereocenters. The Kier molecular flexibility index (Phi) is 3.16. The topological polar surface area (TPSA) is 68.8 Å². The van der Waals surface area contributed by atoms with Crippen molar-refractivity contribution in [1.29, 1.82) is 0 Å². The maximum absolute atomic E-state index is 13.1. The highest BCUT2D eigenvalue weighted by atomic mass is 19.1. The van der Waals surface area contributed by atoms with E-state index in [1.165, 1.54) is 12.1 Å². The summed E-state index contributed by atoms with van der Waals surface area (Å²) in [5.74, 6) is 5.30. The van der Waals surface area contributed by atoms with Gasteiger partial charge in [-0.1, -0.05) is 11.3 Å². The average Bonchev–Trinajstić information content (AvgIpc) is 2.69. The van der Waals surface area contributed by atoms with Crippen molar-refractivity contribution in [3.8, 4) is 0 Å². The lowest BCUT2D eigenvalue weighted by molar-refractivity contribution is 0.565. The van der Waals surface area contributed by atoms with Gasteiger partial charge in [0.25, 0.3) is 0 Å². The van der Waals surface area contributed by atoms with Crippen LogP contribution in [0.5, 0.6) is 0 Å². The van der Waals surface area contributed by atoms with E-state index in [2.05, 4.69) is 15.7 Å². The molecule has 0 spiro atoms. The standard InChI is InChI=1S/C11H14FN5/c1-7-5-8(12)3-4-9(7)11(15-13)10-6-14-16-17(10)2/h3-6,11,15H,13H2,1-2H3. The largest absolute Gasteiger partial charge is 0.271 e. The highest BCUT2D eigenvalue weighted by Gasteiger charge is 2.18. The van der Waals surface area contributed by atoms with Crippen molar-refractivity contribution in [2.45, 2.75) is 13.0 Å². The maximum Gasteiger partial charge on any atom is 0.123 e. The summed E-state index contributed by atoms with van der Waals surface area (Å²) in [6, 6.07) is 4.35. The van der Waals surface area contributed by atoms with Gasteiger partial charge in [-0.3, -0.25) is 10.5 Å². The van der Waals surface area contributed by atoms with Crippen LogP contribution in [0, 0.1) is 12.7 Å². The second kappa shape index (κ2) is 4.60. The summed E-state index contributed by atoms with van der Waals surface area (Å²) < 4.78 is 14.7. The first-order valence-electron chi connectivity index (χ1n) is 5.20. The molecule has 1 aromatic heterocycles. The third-order valence-corrected chi connectivity index (χ3v) is 2.75. The van der Waals surface area contributed by atoms with Crippen molar-refractivity contribution in [1.82, 2.24) is 20.4 Å². The molecule has 0 bridgehead atoms. The minimum absolute atomic E-state index is 0.254. The molecule has 1 atom stereocenters. The summed E-state index contributed by atoms with van der Waals surface area (Å²) in [6.07, 6.45) is 1.63. The van der Waals surface area contributed by atoms with E-state index in [4.69, 9.17) is 5.84 Å². The van der Waals surface area contributed by atoms with E-state index < -0.39 is 0 Å². The molecule has 90 valence electrons. The van der Waals surface area contributed by atoms with Gasteiger partial charge < -0.3 is 0 Å². The number of halogens is 1. The first-order chi connectivity index (χ1) is 8.13. The van der Waals surface area contributed by atoms with Crippen LogP contribution in [-0.4, -0.2) is 15.0 Å². The van der Waals surface area contributed by atoms with Gasteiger partial charge in [-0.2, -0.15) is 0 Å². The molecule has 1 aromatic carbocycles. The molecular formula is C11H14FN5. The van der Waals surface area contributed by atoms with Crippen LogP contribution in [-0.2, 0) is 7.05 Å². The van der Waals surface area contributed by atoms with Crippen molar-refractivity contribution < 1.29 is 4.39 Å². The van der Waals surface area contributed by atoms with Crippen molar-refractivity contribution in [3.63, 3.8) is 0 Å². The number of aryl methyl sites for hydroxylation is 2. The van der Waals surface area contributed by atoms with Crippen LogP contribution in [0.3, 0.4) is 0 Å². The van der Waals surface area contributed by atoms with Gasteiger partial charge >= 0.3 is 0 Å². The van der Waals surface area contributed by atoms with Crippen molar-refractivity contribution in [2.75, 3.05) is 0 Å². The number of hydrogen-bond donors (Lipinski definition) is 2. The quantitative estimate of drug-likeness (QED) is 0.610. The molecular weight excluding hydrogens is 221 g/mol. The molecule has 0 saturated carbocycles. The molecule has 6 heteroatoms. The van der Waals surface area contributed by atoms with Crippen molar-refractivity contribution in [2.24, 2.45) is 12.9 Å². The summed E-state index contributed by atoms with van der Waals surface area (Å²) in [6.45, 7) is 1.84. The van der Waals surface area contributed by atoms with Crippen LogP contribution >= 0.6 is 0 Å². The molecule has 3 N–H and O–H groups in total. The lowest BCUT2D eigenvalue weighted by Gasteiger charge is -2.18. The minimum Gasteiger partial charge on any atom is -0.271 e. The number of aromatic nitrogens is 3. The summed E-state index contributed by atoms with van der Waals surface area (Å²) in [5, 5.41) is 7.66. The smallest absolute Gasteiger partial charge is 0.123 e. The van der Waals surface area contributed by atoms with E-state index in [-0.39, 0.29) is 11.9 Å². The Hall–Kier alpha value is -1.79. The molecule has 0 aliphatic rings. The first kappa shape index (κ1) is 11.7. The molecule has 5 nitrogen and oxygen atoms in total. The van der Waals surface area contributed by atoms with E-state index >= 15 is 0 Å². The van der Waals surface area contributed by atoms with Crippen LogP contribution < -0.4 is 11.3 Å². The number of benzene rings is 1. The zero-order valence-electron chi connectivity index (χ0n) is 9.68. The lowest BCUT2D eigenvalue weighted by Crippen LogP contribution is -2.30. The van der Waals surface area contributed by atoms with E-state index in [0.29, 0.717) is 0 Å². The Balaban J connectivity index is 2.46. The normalized spacial score (nSPS) is 12.7. The number of rotatable bonds is 3. The van der Waals surface area contributed by atoms with Gasteiger partial charge in [-0.05, 0) is 30.2 Å². The summed E-state index contributed by atoms with van der Waals surface area (Å²) in [4.78, 5) is 0. The third-order valence-electron chi connectivity index (χ3n) is 2.75. The SMILES string of the molecule is Cc1cc(F)ccc1C(NN)c1cnnn1C. The summed E-state index contributed by atoms with van der Waals surface area (Å²) >= 11 is 0. The van der Waals surface area contributed by atoms with Crippen LogP contribution in [0.4, 0.5) is 4.39 Å². The monoisotopic (exact) mass is 235 g/mol. The fourth-order valence-electron chi connectivity index (χ4n) is 1.86. The lowest BCUT2D eigenvalue weighted by atomic mass is 9.99. The van der Waals surface area contributed by atoms with E-state index in [0.717, 1.165) is 16.8 Å². The molecule has 0 fully saturated rings. The number of nitrogens with two attached hydrogens (primary N) is 1. The van der Waals surface area contributed by atoms with Gasteiger partial charge in [0, 0.05) is 7.05 Å². The van der Waals surface area contributed by atoms with Gasteiger partial charge in [0.15, 0.2) is 0 Å².